The summed E-state index contributed by atoms with van der Waals surface area (Å²) in [5, 5.41) is 2.41. The summed E-state index contributed by atoms with van der Waals surface area (Å²) in [5.74, 6) is 6.46. The minimum atomic E-state index is 0.129. The van der Waals surface area contributed by atoms with Crippen LogP contribution in [0.2, 0.25) is 0 Å². The number of hydrogen-bond donors (Lipinski definition) is 2. The monoisotopic (exact) mass is 257 g/mol. The second-order valence-electron chi connectivity index (χ2n) is 5.46. The number of fused-ring (bicyclic) bond motifs is 1. The van der Waals surface area contributed by atoms with Crippen molar-refractivity contribution in [3.63, 3.8) is 0 Å². The van der Waals surface area contributed by atoms with Crippen molar-refractivity contribution in [2.75, 3.05) is 0 Å². The number of nitrogens with zero attached hydrogens (tertiary/aromatic N) is 1. The summed E-state index contributed by atoms with van der Waals surface area (Å²) in [7, 11) is 0. The van der Waals surface area contributed by atoms with Crippen LogP contribution in [0.5, 0.6) is 0 Å². The maximum Gasteiger partial charge on any atom is 0.0664 e. The molecular formula is C16H23N3. The normalized spacial score (nSPS) is 13.1. The molecule has 1 aromatic heterocycles. The van der Waals surface area contributed by atoms with Crippen LogP contribution in [-0.4, -0.2) is 4.98 Å². The van der Waals surface area contributed by atoms with Crippen LogP contribution < -0.4 is 11.3 Å². The van der Waals surface area contributed by atoms with Crippen LogP contribution in [0.3, 0.4) is 0 Å². The number of nitrogens with two attached hydrogens (primary N) is 1. The molecule has 0 aliphatic carbocycles. The standard InChI is InChI=1S/C16H23N3/c1-12(2)6-5-9-15(19-17)16-14-8-4-3-7-13(14)10-11-18-16/h3-4,7-8,10-12,15,19H,5-6,9,17H2,1-2H3. The summed E-state index contributed by atoms with van der Waals surface area (Å²) in [4.78, 5) is 4.53. The van der Waals surface area contributed by atoms with Gasteiger partial charge in [-0.3, -0.25) is 16.3 Å². The van der Waals surface area contributed by atoms with E-state index >= 15 is 0 Å². The topological polar surface area (TPSA) is 50.9 Å². The zero-order valence-corrected chi connectivity index (χ0v) is 11.8. The first-order chi connectivity index (χ1) is 9.22. The fourth-order valence-electron chi connectivity index (χ4n) is 2.45. The van der Waals surface area contributed by atoms with Gasteiger partial charge in [0.05, 0.1) is 11.7 Å². The van der Waals surface area contributed by atoms with Gasteiger partial charge >= 0.3 is 0 Å². The van der Waals surface area contributed by atoms with Crippen LogP contribution in [-0.2, 0) is 0 Å². The van der Waals surface area contributed by atoms with Crippen molar-refractivity contribution in [3.05, 3.63) is 42.2 Å². The molecule has 1 heterocycles. The second-order valence-corrected chi connectivity index (χ2v) is 5.46. The Hall–Kier alpha value is -1.45. The molecule has 102 valence electrons. The van der Waals surface area contributed by atoms with Crippen LogP contribution in [0, 0.1) is 5.92 Å². The Kier molecular flexibility index (Phi) is 4.88. The van der Waals surface area contributed by atoms with Crippen molar-refractivity contribution in [1.82, 2.24) is 10.4 Å². The van der Waals surface area contributed by atoms with E-state index in [1.807, 2.05) is 12.3 Å². The van der Waals surface area contributed by atoms with Gasteiger partial charge in [0.1, 0.15) is 0 Å². The van der Waals surface area contributed by atoms with Crippen molar-refractivity contribution in [2.24, 2.45) is 11.8 Å². The smallest absolute Gasteiger partial charge is 0.0664 e. The van der Waals surface area contributed by atoms with Crippen molar-refractivity contribution >= 4 is 10.8 Å². The predicted molar refractivity (Wildman–Crippen MR) is 80.5 cm³/mol. The lowest BCUT2D eigenvalue weighted by Crippen LogP contribution is -2.28. The van der Waals surface area contributed by atoms with E-state index in [9.17, 15) is 0 Å². The van der Waals surface area contributed by atoms with Crippen LogP contribution in [0.25, 0.3) is 10.8 Å². The fourth-order valence-corrected chi connectivity index (χ4v) is 2.45. The molecule has 19 heavy (non-hydrogen) atoms. The highest BCUT2D eigenvalue weighted by Gasteiger charge is 2.14. The van der Waals surface area contributed by atoms with Gasteiger partial charge in [-0.05, 0) is 23.8 Å². The molecule has 3 heteroatoms. The van der Waals surface area contributed by atoms with Gasteiger partial charge in [0.15, 0.2) is 0 Å². The highest BCUT2D eigenvalue weighted by molar-refractivity contribution is 5.84. The Bertz CT molecular complexity index is 517. The number of pyridine rings is 1. The quantitative estimate of drug-likeness (QED) is 0.614. The molecule has 0 saturated carbocycles. The molecule has 2 aromatic rings. The molecule has 0 spiro atoms. The lowest BCUT2D eigenvalue weighted by Gasteiger charge is -2.17. The summed E-state index contributed by atoms with van der Waals surface area (Å²) in [6.45, 7) is 4.50. The van der Waals surface area contributed by atoms with Crippen molar-refractivity contribution < 1.29 is 0 Å². The van der Waals surface area contributed by atoms with Crippen LogP contribution in [0.1, 0.15) is 44.8 Å². The largest absolute Gasteiger partial charge is 0.271 e. The minimum absolute atomic E-state index is 0.129. The summed E-state index contributed by atoms with van der Waals surface area (Å²) < 4.78 is 0. The van der Waals surface area contributed by atoms with Crippen LogP contribution in [0.4, 0.5) is 0 Å². The summed E-state index contributed by atoms with van der Waals surface area (Å²) in [6.07, 6.45) is 5.28. The van der Waals surface area contributed by atoms with E-state index in [1.165, 1.54) is 17.2 Å². The second kappa shape index (κ2) is 6.64. The average molecular weight is 257 g/mol. The predicted octanol–water partition coefficient (Wildman–Crippen LogP) is 3.57. The number of nitrogens with one attached hydrogen (secondary N) is 1. The number of aromatic nitrogens is 1. The minimum Gasteiger partial charge on any atom is -0.271 e. The Balaban J connectivity index is 2.20. The molecule has 3 nitrogen and oxygen atoms in total. The lowest BCUT2D eigenvalue weighted by atomic mass is 9.98. The third kappa shape index (κ3) is 3.52. The maximum absolute atomic E-state index is 5.72. The third-order valence-corrected chi connectivity index (χ3v) is 3.51. The Morgan fingerprint density at radius 3 is 2.68 bits per heavy atom. The number of benzene rings is 1. The molecule has 1 unspecified atom stereocenters. The van der Waals surface area contributed by atoms with Gasteiger partial charge in [-0.2, -0.15) is 0 Å². The molecule has 0 fully saturated rings. The number of hydrogen-bond acceptors (Lipinski definition) is 3. The van der Waals surface area contributed by atoms with Crippen LogP contribution >= 0.6 is 0 Å². The maximum atomic E-state index is 5.72. The van der Waals surface area contributed by atoms with Crippen LogP contribution in [0.15, 0.2) is 36.5 Å². The van der Waals surface area contributed by atoms with Gasteiger partial charge < -0.3 is 0 Å². The first-order valence-corrected chi connectivity index (χ1v) is 7.02. The van der Waals surface area contributed by atoms with Gasteiger partial charge in [-0.25, -0.2) is 0 Å². The molecule has 0 saturated heterocycles. The zero-order valence-electron chi connectivity index (χ0n) is 11.8. The van der Waals surface area contributed by atoms with Gasteiger partial charge in [0.2, 0.25) is 0 Å². The first kappa shape index (κ1) is 14.0. The summed E-state index contributed by atoms with van der Waals surface area (Å²) in [6, 6.07) is 10.5. The SMILES string of the molecule is CC(C)CCCC(NN)c1nccc2ccccc12. The molecule has 1 atom stereocenters. The summed E-state index contributed by atoms with van der Waals surface area (Å²) in [5.41, 5.74) is 3.98. The van der Waals surface area contributed by atoms with Gasteiger partial charge in [0.25, 0.3) is 0 Å². The highest BCUT2D eigenvalue weighted by Crippen LogP contribution is 2.25. The van der Waals surface area contributed by atoms with E-state index in [0.29, 0.717) is 0 Å². The molecule has 0 aliphatic rings. The molecule has 0 bridgehead atoms. The van der Waals surface area contributed by atoms with E-state index in [4.69, 9.17) is 5.84 Å². The van der Waals surface area contributed by atoms with Crippen molar-refractivity contribution in [1.29, 1.82) is 0 Å². The molecule has 3 N–H and O–H groups in total. The van der Waals surface area contributed by atoms with Crippen molar-refractivity contribution in [3.8, 4) is 0 Å². The average Bonchev–Trinajstić information content (AvgIpc) is 2.43. The van der Waals surface area contributed by atoms with Crippen molar-refractivity contribution in [2.45, 2.75) is 39.2 Å². The van der Waals surface area contributed by atoms with Gasteiger partial charge in [0, 0.05) is 11.6 Å². The Labute approximate surface area is 115 Å². The lowest BCUT2D eigenvalue weighted by molar-refractivity contribution is 0.450. The van der Waals surface area contributed by atoms with Gasteiger partial charge in [-0.1, -0.05) is 51.0 Å². The molecule has 0 amide bonds. The van der Waals surface area contributed by atoms with E-state index in [0.717, 1.165) is 24.5 Å². The Morgan fingerprint density at radius 2 is 1.95 bits per heavy atom. The highest BCUT2D eigenvalue weighted by atomic mass is 15.2. The Morgan fingerprint density at radius 1 is 1.16 bits per heavy atom. The molecule has 2 rings (SSSR count). The molecule has 1 aromatic carbocycles. The number of rotatable bonds is 6. The molecule has 0 radical (unpaired) electrons. The van der Waals surface area contributed by atoms with Gasteiger partial charge in [-0.15, -0.1) is 0 Å². The zero-order chi connectivity index (χ0) is 13.7. The third-order valence-electron chi connectivity index (χ3n) is 3.51. The molecule has 0 aliphatic heterocycles. The number of hydrazine groups is 1. The van der Waals surface area contributed by atoms with E-state index in [2.05, 4.69) is 48.5 Å². The van der Waals surface area contributed by atoms with E-state index < -0.39 is 0 Å². The molecular weight excluding hydrogens is 234 g/mol. The van der Waals surface area contributed by atoms with E-state index in [-0.39, 0.29) is 6.04 Å². The fraction of sp³-hybridized carbons (Fsp3) is 0.438. The summed E-state index contributed by atoms with van der Waals surface area (Å²) >= 11 is 0. The van der Waals surface area contributed by atoms with E-state index in [1.54, 1.807) is 0 Å². The first-order valence-electron chi connectivity index (χ1n) is 7.02.